The molecular formula is C22H40O2. The second kappa shape index (κ2) is 8.72. The van der Waals surface area contributed by atoms with Crippen molar-refractivity contribution in [3.8, 4) is 0 Å². The van der Waals surface area contributed by atoms with Crippen LogP contribution in [0.15, 0.2) is 0 Å². The van der Waals surface area contributed by atoms with Gasteiger partial charge in [-0.3, -0.25) is 4.79 Å². The van der Waals surface area contributed by atoms with Crippen LogP contribution in [-0.2, 0) is 4.79 Å². The smallest absolute Gasteiger partial charge is 0.303 e. The van der Waals surface area contributed by atoms with Gasteiger partial charge in [-0.15, -0.1) is 0 Å². The monoisotopic (exact) mass is 336 g/mol. The third-order valence-corrected chi connectivity index (χ3v) is 7.44. The van der Waals surface area contributed by atoms with Crippen LogP contribution in [0.4, 0.5) is 0 Å². The topological polar surface area (TPSA) is 37.3 Å². The maximum absolute atomic E-state index is 10.8. The van der Waals surface area contributed by atoms with Crippen molar-refractivity contribution in [3.05, 3.63) is 0 Å². The Bertz CT molecular complexity index is 403. The van der Waals surface area contributed by atoms with E-state index in [1.54, 1.807) is 0 Å². The first-order chi connectivity index (χ1) is 11.3. The number of carbonyl (C=O) groups is 1. The fourth-order valence-electron chi connectivity index (χ4n) is 6.23. The summed E-state index contributed by atoms with van der Waals surface area (Å²) in [4.78, 5) is 10.8. The number of rotatable bonds is 9. The zero-order valence-electron chi connectivity index (χ0n) is 16.5. The van der Waals surface area contributed by atoms with Gasteiger partial charge in [0.15, 0.2) is 0 Å². The number of aliphatic carboxylic acids is 1. The highest BCUT2D eigenvalue weighted by Crippen LogP contribution is 2.60. The van der Waals surface area contributed by atoms with Crippen molar-refractivity contribution in [2.24, 2.45) is 35.0 Å². The van der Waals surface area contributed by atoms with E-state index in [0.29, 0.717) is 11.8 Å². The fourth-order valence-corrected chi connectivity index (χ4v) is 6.23. The third kappa shape index (κ3) is 4.76. The van der Waals surface area contributed by atoms with Gasteiger partial charge >= 0.3 is 5.97 Å². The van der Waals surface area contributed by atoms with Crippen LogP contribution in [0.5, 0.6) is 0 Å². The summed E-state index contributed by atoms with van der Waals surface area (Å²) in [7, 11) is 0. The van der Waals surface area contributed by atoms with Crippen LogP contribution < -0.4 is 0 Å². The van der Waals surface area contributed by atoms with Gasteiger partial charge in [0.2, 0.25) is 0 Å². The Balaban J connectivity index is 1.91. The minimum atomic E-state index is -0.628. The van der Waals surface area contributed by atoms with Gasteiger partial charge in [0.05, 0.1) is 0 Å². The van der Waals surface area contributed by atoms with Gasteiger partial charge in [0, 0.05) is 6.42 Å². The van der Waals surface area contributed by atoms with Gasteiger partial charge in [-0.25, -0.2) is 0 Å². The molecule has 0 heterocycles. The zero-order valence-corrected chi connectivity index (χ0v) is 16.5. The summed E-state index contributed by atoms with van der Waals surface area (Å²) in [5.74, 6) is 3.61. The number of hydrogen-bond donors (Lipinski definition) is 1. The summed E-state index contributed by atoms with van der Waals surface area (Å²) in [6.07, 6.45) is 13.5. The fraction of sp³-hybridized carbons (Fsp3) is 0.955. The molecule has 5 atom stereocenters. The Kier molecular flexibility index (Phi) is 7.19. The summed E-state index contributed by atoms with van der Waals surface area (Å²) < 4.78 is 0. The Hall–Kier alpha value is -0.530. The molecule has 2 aliphatic rings. The molecule has 0 aliphatic heterocycles. The Morgan fingerprint density at radius 1 is 1.12 bits per heavy atom. The molecule has 0 spiro atoms. The second-order valence-electron chi connectivity index (χ2n) is 9.54. The van der Waals surface area contributed by atoms with E-state index in [0.717, 1.165) is 42.4 Å². The summed E-state index contributed by atoms with van der Waals surface area (Å²) in [6, 6.07) is 0. The minimum absolute atomic E-state index is 0.356. The summed E-state index contributed by atoms with van der Waals surface area (Å²) in [5, 5.41) is 8.92. The van der Waals surface area contributed by atoms with Crippen LogP contribution in [0.25, 0.3) is 0 Å². The van der Waals surface area contributed by atoms with E-state index in [-0.39, 0.29) is 0 Å². The lowest BCUT2D eigenvalue weighted by atomic mass is 9.58. The molecule has 2 nitrogen and oxygen atoms in total. The standard InChI is InChI=1S/C22H40O2/c1-16(2)8-5-9-17(3)19-13-14-20-18(10-6-12-21(23)24)11-7-15-22(19,20)4/h16-20H,5-15H2,1-4H3,(H,23,24)/t17-,18?,19-,20?,22-/m1/s1. The van der Waals surface area contributed by atoms with E-state index in [9.17, 15) is 4.79 Å². The van der Waals surface area contributed by atoms with Crippen LogP contribution in [0, 0.1) is 35.0 Å². The molecule has 1 N–H and O–H groups in total. The van der Waals surface area contributed by atoms with Crippen molar-refractivity contribution >= 4 is 5.97 Å². The zero-order chi connectivity index (χ0) is 17.7. The maximum atomic E-state index is 10.8. The highest BCUT2D eigenvalue weighted by atomic mass is 16.4. The van der Waals surface area contributed by atoms with Crippen LogP contribution in [0.2, 0.25) is 0 Å². The summed E-state index contributed by atoms with van der Waals surface area (Å²) in [6.45, 7) is 9.76. The molecule has 2 fully saturated rings. The van der Waals surface area contributed by atoms with E-state index < -0.39 is 5.97 Å². The normalized spacial score (nSPS) is 34.3. The molecule has 0 aromatic carbocycles. The molecule has 2 saturated carbocycles. The van der Waals surface area contributed by atoms with Crippen molar-refractivity contribution < 1.29 is 9.90 Å². The predicted octanol–water partition coefficient (Wildman–Crippen LogP) is 6.54. The van der Waals surface area contributed by atoms with Crippen LogP contribution in [0.1, 0.15) is 98.3 Å². The molecular weight excluding hydrogens is 296 g/mol. The lowest BCUT2D eigenvalue weighted by Crippen LogP contribution is -2.39. The van der Waals surface area contributed by atoms with E-state index >= 15 is 0 Å². The lowest BCUT2D eigenvalue weighted by Gasteiger charge is -2.47. The number of fused-ring (bicyclic) bond motifs is 1. The van der Waals surface area contributed by atoms with Crippen molar-refractivity contribution in [2.45, 2.75) is 98.3 Å². The van der Waals surface area contributed by atoms with Crippen molar-refractivity contribution in [1.82, 2.24) is 0 Å². The molecule has 0 amide bonds. The first kappa shape index (κ1) is 19.8. The Morgan fingerprint density at radius 2 is 1.88 bits per heavy atom. The number of carboxylic acids is 1. The van der Waals surface area contributed by atoms with Crippen LogP contribution in [0.3, 0.4) is 0 Å². The third-order valence-electron chi connectivity index (χ3n) is 7.44. The van der Waals surface area contributed by atoms with Gasteiger partial charge in [0.1, 0.15) is 0 Å². The van der Waals surface area contributed by atoms with Gasteiger partial charge in [0.25, 0.3) is 0 Å². The molecule has 2 rings (SSSR count). The Morgan fingerprint density at radius 3 is 2.54 bits per heavy atom. The van der Waals surface area contributed by atoms with Gasteiger partial charge < -0.3 is 5.11 Å². The lowest BCUT2D eigenvalue weighted by molar-refractivity contribution is -0.137. The van der Waals surface area contributed by atoms with E-state index in [1.807, 2.05) is 0 Å². The Labute approximate surface area is 149 Å². The van der Waals surface area contributed by atoms with E-state index in [1.165, 1.54) is 51.4 Å². The van der Waals surface area contributed by atoms with Crippen molar-refractivity contribution in [1.29, 1.82) is 0 Å². The minimum Gasteiger partial charge on any atom is -0.481 e. The van der Waals surface area contributed by atoms with Gasteiger partial charge in [-0.2, -0.15) is 0 Å². The largest absolute Gasteiger partial charge is 0.481 e. The molecule has 2 unspecified atom stereocenters. The van der Waals surface area contributed by atoms with Crippen LogP contribution >= 0.6 is 0 Å². The summed E-state index contributed by atoms with van der Waals surface area (Å²) in [5.41, 5.74) is 0.531. The second-order valence-corrected chi connectivity index (χ2v) is 9.54. The highest BCUT2D eigenvalue weighted by Gasteiger charge is 2.51. The first-order valence-corrected chi connectivity index (χ1v) is 10.6. The number of hydrogen-bond acceptors (Lipinski definition) is 1. The summed E-state index contributed by atoms with van der Waals surface area (Å²) >= 11 is 0. The number of carboxylic acid groups (broad SMARTS) is 1. The molecule has 0 aromatic rings. The molecule has 0 bridgehead atoms. The highest BCUT2D eigenvalue weighted by molar-refractivity contribution is 5.66. The molecule has 0 radical (unpaired) electrons. The molecule has 2 heteroatoms. The van der Waals surface area contributed by atoms with Crippen LogP contribution in [-0.4, -0.2) is 11.1 Å². The van der Waals surface area contributed by atoms with E-state index in [2.05, 4.69) is 27.7 Å². The van der Waals surface area contributed by atoms with Crippen molar-refractivity contribution in [3.63, 3.8) is 0 Å². The molecule has 0 aromatic heterocycles. The first-order valence-electron chi connectivity index (χ1n) is 10.6. The molecule has 140 valence electrons. The molecule has 2 aliphatic carbocycles. The average Bonchev–Trinajstić information content (AvgIpc) is 2.84. The van der Waals surface area contributed by atoms with E-state index in [4.69, 9.17) is 5.11 Å². The maximum Gasteiger partial charge on any atom is 0.303 e. The van der Waals surface area contributed by atoms with Crippen molar-refractivity contribution in [2.75, 3.05) is 0 Å². The average molecular weight is 337 g/mol. The molecule has 24 heavy (non-hydrogen) atoms. The SMILES string of the molecule is CC(C)CCC[C@@H](C)[C@H]1CCC2C(CCCC(=O)O)CCC[C@@]21C. The van der Waals surface area contributed by atoms with Gasteiger partial charge in [-0.05, 0) is 67.1 Å². The predicted molar refractivity (Wildman–Crippen MR) is 101 cm³/mol. The van der Waals surface area contributed by atoms with Gasteiger partial charge in [-0.1, -0.05) is 59.8 Å². The quantitative estimate of drug-likeness (QED) is 0.519. The molecule has 0 saturated heterocycles.